The number of rotatable bonds is 5. The molecule has 180 valence electrons. The molecular weight excluding hydrogens is 551 g/mol. The maximum absolute atomic E-state index is 3.45. The fourth-order valence-corrected chi connectivity index (χ4v) is 4.90. The van der Waals surface area contributed by atoms with Gasteiger partial charge in [0.05, 0.1) is 0 Å². The molecule has 4 heteroatoms. The van der Waals surface area contributed by atoms with Gasteiger partial charge in [-0.05, 0) is 13.8 Å². The average molecular weight is 589 g/mol. The summed E-state index contributed by atoms with van der Waals surface area (Å²) >= 11 is 0. The minimum absolute atomic E-state index is 0. The van der Waals surface area contributed by atoms with Crippen LogP contribution in [0, 0.1) is 26.0 Å². The number of halogens is 2. The Kier molecular flexibility index (Phi) is 21.0. The molecule has 2 aliphatic carbocycles. The van der Waals surface area contributed by atoms with E-state index in [-0.39, 0.29) is 51.0 Å². The number of hydrogen-bond donors (Lipinski definition) is 0. The standard InChI is InChI=1S/C14H14Si.C11H17.C5H5.2ClH.Zr/c1-11-7-3-5-9-13(11)15-14-10-6-4-8-12(14)2;1-4-9-7-8-10(5-2)11(9)6-3;1-2-4-5-3-1;;;/h3-10H,1-2H3;4-7H2,1-3H3;1-3H,4H2;2*1H;/q;2*-1;;;+2. The third kappa shape index (κ3) is 11.7. The molecule has 0 amide bonds. The average Bonchev–Trinajstić information content (AvgIpc) is 3.50. The van der Waals surface area contributed by atoms with Gasteiger partial charge in [-0.1, -0.05) is 110 Å². The van der Waals surface area contributed by atoms with Gasteiger partial charge >= 0.3 is 26.2 Å². The molecule has 0 spiro atoms. The first-order valence-electron chi connectivity index (χ1n) is 11.5. The summed E-state index contributed by atoms with van der Waals surface area (Å²) in [4.78, 5) is 0. The van der Waals surface area contributed by atoms with Crippen molar-refractivity contribution in [3.05, 3.63) is 107 Å². The largest absolute Gasteiger partial charge is 2.00 e. The fourth-order valence-electron chi connectivity index (χ4n) is 3.69. The molecule has 2 aromatic carbocycles. The second-order valence-corrected chi connectivity index (χ2v) is 9.06. The summed E-state index contributed by atoms with van der Waals surface area (Å²) in [5.74, 6) is 0. The second kappa shape index (κ2) is 20.3. The summed E-state index contributed by atoms with van der Waals surface area (Å²) in [6.45, 7) is 11.1. The summed E-state index contributed by atoms with van der Waals surface area (Å²) < 4.78 is 0. The maximum Gasteiger partial charge on any atom is 2.00 e. The number of hydrogen-bond acceptors (Lipinski definition) is 0. The van der Waals surface area contributed by atoms with Crippen LogP contribution in [0.2, 0.25) is 0 Å². The van der Waals surface area contributed by atoms with Crippen LogP contribution >= 0.6 is 24.8 Å². The Morgan fingerprint density at radius 2 is 1.35 bits per heavy atom. The van der Waals surface area contributed by atoms with Gasteiger partial charge in [0.25, 0.3) is 0 Å². The Morgan fingerprint density at radius 3 is 1.71 bits per heavy atom. The van der Waals surface area contributed by atoms with Gasteiger partial charge in [0.15, 0.2) is 0 Å². The molecule has 0 saturated heterocycles. The molecule has 2 aliphatic rings. The molecule has 0 bridgehead atoms. The van der Waals surface area contributed by atoms with Crippen LogP contribution < -0.4 is 10.4 Å². The van der Waals surface area contributed by atoms with Crippen molar-refractivity contribution in [1.29, 1.82) is 0 Å². The SMILES string of the molecule is CCC1=[C-]CC(CC)=C1CC.Cc1ccccc1[Si]c1ccccc1C.Cl.Cl.[C-]1=CC=CC1.[Zr+2]. The van der Waals surface area contributed by atoms with Crippen LogP contribution in [0.4, 0.5) is 0 Å². The van der Waals surface area contributed by atoms with Gasteiger partial charge in [-0.15, -0.1) is 37.7 Å². The van der Waals surface area contributed by atoms with E-state index in [0.717, 1.165) is 28.8 Å². The van der Waals surface area contributed by atoms with Gasteiger partial charge in [0.2, 0.25) is 0 Å². The molecule has 0 N–H and O–H groups in total. The molecule has 2 radical (unpaired) electrons. The van der Waals surface area contributed by atoms with Gasteiger partial charge in [-0.2, -0.15) is 17.2 Å². The zero-order valence-electron chi connectivity index (χ0n) is 21.2. The Morgan fingerprint density at radius 1 is 0.794 bits per heavy atom. The van der Waals surface area contributed by atoms with Crippen molar-refractivity contribution in [2.75, 3.05) is 0 Å². The molecule has 0 saturated carbocycles. The zero-order valence-corrected chi connectivity index (χ0v) is 26.3. The van der Waals surface area contributed by atoms with Crippen LogP contribution in [0.25, 0.3) is 0 Å². The molecule has 0 fully saturated rings. The van der Waals surface area contributed by atoms with Crippen molar-refractivity contribution in [3.63, 3.8) is 0 Å². The van der Waals surface area contributed by atoms with Crippen molar-refractivity contribution in [1.82, 2.24) is 0 Å². The third-order valence-electron chi connectivity index (χ3n) is 5.59. The zero-order chi connectivity index (χ0) is 22.5. The van der Waals surface area contributed by atoms with E-state index in [2.05, 4.69) is 101 Å². The summed E-state index contributed by atoms with van der Waals surface area (Å²) in [6.07, 6.45) is 18.1. The van der Waals surface area contributed by atoms with Crippen LogP contribution in [0.15, 0.2) is 83.5 Å². The second-order valence-electron chi connectivity index (χ2n) is 7.73. The van der Waals surface area contributed by atoms with Crippen LogP contribution in [0.5, 0.6) is 0 Å². The van der Waals surface area contributed by atoms with Crippen LogP contribution in [0.1, 0.15) is 64.0 Å². The van der Waals surface area contributed by atoms with E-state index in [1.165, 1.54) is 39.9 Å². The molecule has 4 rings (SSSR count). The monoisotopic (exact) mass is 586 g/mol. The van der Waals surface area contributed by atoms with Crippen molar-refractivity contribution < 1.29 is 26.2 Å². The number of benzene rings is 2. The van der Waals surface area contributed by atoms with Crippen LogP contribution in [0.3, 0.4) is 0 Å². The van der Waals surface area contributed by atoms with E-state index in [0.29, 0.717) is 0 Å². The van der Waals surface area contributed by atoms with Gasteiger partial charge < -0.3 is 0 Å². The van der Waals surface area contributed by atoms with E-state index in [9.17, 15) is 0 Å². The summed E-state index contributed by atoms with van der Waals surface area (Å²) in [6, 6.07) is 17.2. The quantitative estimate of drug-likeness (QED) is 0.248. The van der Waals surface area contributed by atoms with Gasteiger partial charge in [0, 0.05) is 0 Å². The molecular formula is C30H38Cl2SiZr. The van der Waals surface area contributed by atoms with E-state index in [4.69, 9.17) is 0 Å². The molecule has 34 heavy (non-hydrogen) atoms. The molecule has 0 aliphatic heterocycles. The molecule has 0 nitrogen and oxygen atoms in total. The Hall–Kier alpha value is -0.920. The third-order valence-corrected chi connectivity index (χ3v) is 7.25. The topological polar surface area (TPSA) is 0 Å². The van der Waals surface area contributed by atoms with Gasteiger partial charge in [-0.3, -0.25) is 12.2 Å². The summed E-state index contributed by atoms with van der Waals surface area (Å²) in [7, 11) is 0.774. The minimum Gasteiger partial charge on any atom is -0.273 e. The van der Waals surface area contributed by atoms with Gasteiger partial charge in [-0.25, -0.2) is 17.7 Å². The maximum atomic E-state index is 3.45. The molecule has 0 heterocycles. The van der Waals surface area contributed by atoms with Crippen LogP contribution in [-0.4, -0.2) is 9.52 Å². The van der Waals surface area contributed by atoms with Crippen molar-refractivity contribution in [2.45, 2.75) is 66.7 Å². The molecule has 0 atom stereocenters. The van der Waals surface area contributed by atoms with Crippen molar-refractivity contribution in [2.24, 2.45) is 0 Å². The minimum atomic E-state index is 0. The summed E-state index contributed by atoms with van der Waals surface area (Å²) in [5.41, 5.74) is 7.46. The van der Waals surface area contributed by atoms with E-state index in [1.807, 2.05) is 12.2 Å². The summed E-state index contributed by atoms with van der Waals surface area (Å²) in [5, 5.41) is 2.90. The fraction of sp³-hybridized carbons (Fsp3) is 0.333. The molecule has 0 unspecified atom stereocenters. The Labute approximate surface area is 242 Å². The predicted molar refractivity (Wildman–Crippen MR) is 153 cm³/mol. The first-order valence-corrected chi connectivity index (χ1v) is 12.5. The smallest absolute Gasteiger partial charge is 0.273 e. The number of allylic oxidation sites excluding steroid dienone is 8. The Bertz CT molecular complexity index is 904. The van der Waals surface area contributed by atoms with E-state index >= 15 is 0 Å². The number of aryl methyl sites for hydroxylation is 2. The molecule has 0 aromatic heterocycles. The Balaban J connectivity index is 0. The molecule has 2 aromatic rings. The van der Waals surface area contributed by atoms with E-state index in [1.54, 1.807) is 11.1 Å². The first-order chi connectivity index (χ1) is 15.1. The van der Waals surface area contributed by atoms with E-state index < -0.39 is 0 Å². The normalized spacial score (nSPS) is 12.8. The van der Waals surface area contributed by atoms with Gasteiger partial charge in [0.1, 0.15) is 9.52 Å². The van der Waals surface area contributed by atoms with Crippen molar-refractivity contribution in [3.8, 4) is 0 Å². The van der Waals surface area contributed by atoms with Crippen molar-refractivity contribution >= 4 is 44.7 Å². The predicted octanol–water partition coefficient (Wildman–Crippen LogP) is 7.75. The first kappa shape index (κ1) is 35.2. The van der Waals surface area contributed by atoms with Crippen LogP contribution in [-0.2, 0) is 26.2 Å².